The first-order valence-electron chi connectivity index (χ1n) is 10.3. The molecule has 4 aromatic rings. The summed E-state index contributed by atoms with van der Waals surface area (Å²) in [5, 5.41) is 1.01. The largest absolute Gasteiger partial charge is 0.497 e. The molecule has 0 aliphatic carbocycles. The number of esters is 1. The van der Waals surface area contributed by atoms with Crippen LogP contribution in [0.4, 0.5) is 0 Å². The summed E-state index contributed by atoms with van der Waals surface area (Å²) in [4.78, 5) is 12.5. The molecule has 4 rings (SSSR count). The predicted molar refractivity (Wildman–Crippen MR) is 133 cm³/mol. The highest BCUT2D eigenvalue weighted by molar-refractivity contribution is 7.22. The van der Waals surface area contributed by atoms with Crippen molar-refractivity contribution in [1.82, 2.24) is 0 Å². The fraction of sp³-hybridized carbons (Fsp3) is 0.148. The van der Waals surface area contributed by atoms with E-state index in [-0.39, 0.29) is 5.97 Å². The number of allylic oxidation sites excluding steroid dienone is 1. The van der Waals surface area contributed by atoms with Crippen LogP contribution < -0.4 is 14.2 Å². The lowest BCUT2D eigenvalue weighted by Gasteiger charge is -2.10. The molecular formula is C27H24O5S. The molecule has 0 fully saturated rings. The molecule has 0 unspecified atom stereocenters. The molecule has 0 saturated heterocycles. The van der Waals surface area contributed by atoms with Gasteiger partial charge >= 0.3 is 5.97 Å². The van der Waals surface area contributed by atoms with E-state index in [1.54, 1.807) is 25.6 Å². The van der Waals surface area contributed by atoms with E-state index in [2.05, 4.69) is 0 Å². The number of fused-ring (bicyclic) bond motifs is 1. The fourth-order valence-electron chi connectivity index (χ4n) is 3.44. The van der Waals surface area contributed by atoms with Gasteiger partial charge in [0.25, 0.3) is 0 Å². The quantitative estimate of drug-likeness (QED) is 0.221. The van der Waals surface area contributed by atoms with Crippen LogP contribution in [-0.4, -0.2) is 27.3 Å². The summed E-state index contributed by atoms with van der Waals surface area (Å²) < 4.78 is 22.9. The Hall–Kier alpha value is -3.77. The molecule has 0 radical (unpaired) electrons. The summed E-state index contributed by atoms with van der Waals surface area (Å²) in [7, 11) is 4.68. The third-order valence-corrected chi connectivity index (χ3v) is 6.45. The van der Waals surface area contributed by atoms with Crippen molar-refractivity contribution in [3.05, 3.63) is 78.4 Å². The van der Waals surface area contributed by atoms with Gasteiger partial charge in [-0.15, -0.1) is 11.3 Å². The van der Waals surface area contributed by atoms with Crippen molar-refractivity contribution in [3.8, 4) is 33.4 Å². The number of ether oxygens (including phenoxy) is 4. The zero-order chi connectivity index (χ0) is 23.4. The third kappa shape index (κ3) is 4.86. The molecule has 0 aliphatic heterocycles. The molecule has 0 atom stereocenters. The average molecular weight is 461 g/mol. The van der Waals surface area contributed by atoms with Gasteiger partial charge in [0.05, 0.1) is 26.2 Å². The fourth-order valence-corrected chi connectivity index (χ4v) is 4.60. The molecule has 33 heavy (non-hydrogen) atoms. The number of carbonyl (C=O) groups excluding carboxylic acids is 1. The number of hydrogen-bond acceptors (Lipinski definition) is 6. The van der Waals surface area contributed by atoms with Crippen molar-refractivity contribution in [2.24, 2.45) is 0 Å². The molecule has 0 bridgehead atoms. The van der Waals surface area contributed by atoms with Gasteiger partial charge in [-0.25, -0.2) is 4.79 Å². The SMILES string of the molecule is COC(=O)/C=C(/C)c1ccc(Oc2c(-c3ccc(OC)cc3)sc3cc(OC)ccc23)cc1. The Balaban J connectivity index is 1.73. The molecule has 1 aromatic heterocycles. The maximum absolute atomic E-state index is 11.5. The molecule has 0 amide bonds. The van der Waals surface area contributed by atoms with Crippen LogP contribution in [0.15, 0.2) is 72.8 Å². The molecule has 3 aromatic carbocycles. The monoisotopic (exact) mass is 460 g/mol. The topological polar surface area (TPSA) is 54.0 Å². The summed E-state index contributed by atoms with van der Waals surface area (Å²) in [6.07, 6.45) is 1.47. The highest BCUT2D eigenvalue weighted by Gasteiger charge is 2.17. The van der Waals surface area contributed by atoms with Gasteiger partial charge in [-0.2, -0.15) is 0 Å². The Morgan fingerprint density at radius 3 is 2.09 bits per heavy atom. The lowest BCUT2D eigenvalue weighted by molar-refractivity contribution is -0.134. The Morgan fingerprint density at radius 1 is 0.818 bits per heavy atom. The van der Waals surface area contributed by atoms with Crippen molar-refractivity contribution in [3.63, 3.8) is 0 Å². The zero-order valence-corrected chi connectivity index (χ0v) is 19.7. The Labute approximate surface area is 196 Å². The lowest BCUT2D eigenvalue weighted by atomic mass is 10.1. The summed E-state index contributed by atoms with van der Waals surface area (Å²) in [6, 6.07) is 21.5. The summed E-state index contributed by atoms with van der Waals surface area (Å²) in [5.41, 5.74) is 2.78. The second-order valence-electron chi connectivity index (χ2n) is 7.33. The molecule has 0 saturated carbocycles. The van der Waals surface area contributed by atoms with Gasteiger partial charge in [0, 0.05) is 16.2 Å². The van der Waals surface area contributed by atoms with Gasteiger partial charge in [-0.05, 0) is 78.2 Å². The molecule has 1 heterocycles. The Bertz CT molecular complexity index is 1300. The molecule has 5 nitrogen and oxygen atoms in total. The van der Waals surface area contributed by atoms with Gasteiger partial charge in [0.2, 0.25) is 0 Å². The first-order valence-corrected chi connectivity index (χ1v) is 11.1. The van der Waals surface area contributed by atoms with E-state index in [4.69, 9.17) is 18.9 Å². The second-order valence-corrected chi connectivity index (χ2v) is 8.38. The standard InChI is InChI=1S/C27H24O5S/c1-17(15-25(28)31-4)18-5-11-21(12-6-18)32-26-23-14-13-22(30-3)16-24(23)33-27(26)19-7-9-20(29-2)10-8-19/h5-16H,1-4H3/b17-15-. The van der Waals surface area contributed by atoms with Crippen LogP contribution in [0.1, 0.15) is 12.5 Å². The summed E-state index contributed by atoms with van der Waals surface area (Å²) >= 11 is 1.65. The summed E-state index contributed by atoms with van der Waals surface area (Å²) in [6.45, 7) is 1.87. The number of thiophene rings is 1. The maximum atomic E-state index is 11.5. The molecule has 0 spiro atoms. The summed E-state index contributed by atoms with van der Waals surface area (Å²) in [5.74, 6) is 2.72. The van der Waals surface area contributed by atoms with Crippen LogP contribution in [0, 0.1) is 0 Å². The smallest absolute Gasteiger partial charge is 0.330 e. The van der Waals surface area contributed by atoms with Crippen molar-refractivity contribution >= 4 is 33.0 Å². The molecule has 0 N–H and O–H groups in total. The average Bonchev–Trinajstić information content (AvgIpc) is 3.21. The molecule has 0 aliphatic rings. The number of carbonyl (C=O) groups is 1. The zero-order valence-electron chi connectivity index (χ0n) is 18.9. The highest BCUT2D eigenvalue weighted by Crippen LogP contribution is 2.47. The lowest BCUT2D eigenvalue weighted by Crippen LogP contribution is -1.95. The van der Waals surface area contributed by atoms with Crippen molar-refractivity contribution in [2.45, 2.75) is 6.92 Å². The highest BCUT2D eigenvalue weighted by atomic mass is 32.1. The van der Waals surface area contributed by atoms with E-state index in [0.717, 1.165) is 48.9 Å². The normalized spacial score (nSPS) is 11.3. The van der Waals surface area contributed by atoms with Gasteiger partial charge in [-0.3, -0.25) is 0 Å². The number of benzene rings is 3. The Kier molecular flexibility index (Phi) is 6.66. The maximum Gasteiger partial charge on any atom is 0.330 e. The van der Waals surface area contributed by atoms with E-state index < -0.39 is 0 Å². The van der Waals surface area contributed by atoms with Crippen LogP contribution in [0.3, 0.4) is 0 Å². The van der Waals surface area contributed by atoms with Crippen molar-refractivity contribution < 1.29 is 23.7 Å². The van der Waals surface area contributed by atoms with Crippen molar-refractivity contribution in [2.75, 3.05) is 21.3 Å². The van der Waals surface area contributed by atoms with E-state index in [1.165, 1.54) is 13.2 Å². The van der Waals surface area contributed by atoms with E-state index in [0.29, 0.717) is 5.75 Å². The van der Waals surface area contributed by atoms with Gasteiger partial charge in [0.15, 0.2) is 5.75 Å². The third-order valence-electron chi connectivity index (χ3n) is 5.27. The second kappa shape index (κ2) is 9.79. The van der Waals surface area contributed by atoms with E-state index in [9.17, 15) is 4.79 Å². The minimum Gasteiger partial charge on any atom is -0.497 e. The molecule has 168 valence electrons. The van der Waals surface area contributed by atoms with Crippen LogP contribution in [0.2, 0.25) is 0 Å². The number of hydrogen-bond donors (Lipinski definition) is 0. The minimum absolute atomic E-state index is 0.378. The molecular weight excluding hydrogens is 436 g/mol. The van der Waals surface area contributed by atoms with Crippen LogP contribution >= 0.6 is 11.3 Å². The van der Waals surface area contributed by atoms with Crippen LogP contribution in [0.5, 0.6) is 23.0 Å². The van der Waals surface area contributed by atoms with Gasteiger partial charge in [-0.1, -0.05) is 12.1 Å². The van der Waals surface area contributed by atoms with E-state index in [1.807, 2.05) is 73.7 Å². The van der Waals surface area contributed by atoms with Crippen LogP contribution in [0.25, 0.3) is 26.1 Å². The van der Waals surface area contributed by atoms with Gasteiger partial charge < -0.3 is 18.9 Å². The van der Waals surface area contributed by atoms with Crippen molar-refractivity contribution in [1.29, 1.82) is 0 Å². The number of methoxy groups -OCH3 is 3. The minimum atomic E-state index is -0.378. The predicted octanol–water partition coefficient (Wildman–Crippen LogP) is 6.95. The Morgan fingerprint density at radius 2 is 1.45 bits per heavy atom. The first kappa shape index (κ1) is 22.4. The van der Waals surface area contributed by atoms with Gasteiger partial charge in [0.1, 0.15) is 17.2 Å². The van der Waals surface area contributed by atoms with Crippen LogP contribution in [-0.2, 0) is 9.53 Å². The molecule has 6 heteroatoms. The number of rotatable bonds is 7. The van der Waals surface area contributed by atoms with E-state index >= 15 is 0 Å². The first-order chi connectivity index (χ1) is 16.0.